The van der Waals surface area contributed by atoms with E-state index in [1.807, 2.05) is 79.7 Å². The van der Waals surface area contributed by atoms with E-state index in [-0.39, 0.29) is 18.4 Å². The zero-order chi connectivity index (χ0) is 23.9. The lowest BCUT2D eigenvalue weighted by Gasteiger charge is -2.47. The molecule has 0 unspecified atom stereocenters. The third-order valence-electron chi connectivity index (χ3n) is 7.07. The number of para-hydroxylation sites is 2. The molecule has 176 valence electrons. The first-order valence-electron chi connectivity index (χ1n) is 12.1. The molecule has 1 aromatic heterocycles. The Balaban J connectivity index is 1.48. The number of carbonyl (C=O) groups is 2. The van der Waals surface area contributed by atoms with Gasteiger partial charge in [0, 0.05) is 35.1 Å². The number of hydrogen-bond acceptors (Lipinski definition) is 3. The number of nitrogens with one attached hydrogen (secondary N) is 1. The minimum atomic E-state index is -0.564. The van der Waals surface area contributed by atoms with Crippen molar-refractivity contribution < 1.29 is 14.3 Å². The highest BCUT2D eigenvalue weighted by atomic mass is 16.5. The van der Waals surface area contributed by atoms with Crippen LogP contribution in [0.1, 0.15) is 35.3 Å². The summed E-state index contributed by atoms with van der Waals surface area (Å²) in [6, 6.07) is 24.8. The van der Waals surface area contributed by atoms with Gasteiger partial charge < -0.3 is 19.5 Å². The topological polar surface area (TPSA) is 65.6 Å². The van der Waals surface area contributed by atoms with Crippen LogP contribution in [-0.2, 0) is 22.6 Å². The molecule has 4 aromatic rings. The monoisotopic (exact) mass is 465 g/mol. The number of fused-ring (bicyclic) bond motifs is 4. The molecule has 3 heterocycles. The van der Waals surface area contributed by atoms with Gasteiger partial charge in [0.15, 0.2) is 0 Å². The van der Waals surface area contributed by atoms with E-state index in [1.54, 1.807) is 9.80 Å². The van der Waals surface area contributed by atoms with E-state index in [2.05, 4.69) is 11.1 Å². The van der Waals surface area contributed by atoms with Crippen molar-refractivity contribution >= 4 is 22.7 Å². The van der Waals surface area contributed by atoms with Gasteiger partial charge in [0.1, 0.15) is 24.4 Å². The predicted octanol–water partition coefficient (Wildman–Crippen LogP) is 4.45. The van der Waals surface area contributed by atoms with Crippen LogP contribution in [0.5, 0.6) is 5.75 Å². The average molecular weight is 466 g/mol. The van der Waals surface area contributed by atoms with Crippen molar-refractivity contribution in [3.05, 3.63) is 101 Å². The Hall–Kier alpha value is -4.06. The third-order valence-corrected chi connectivity index (χ3v) is 7.07. The molecule has 6 heteroatoms. The van der Waals surface area contributed by atoms with Crippen LogP contribution < -0.4 is 4.74 Å². The quantitative estimate of drug-likeness (QED) is 0.474. The van der Waals surface area contributed by atoms with Crippen molar-refractivity contribution in [1.29, 1.82) is 0 Å². The first-order valence-corrected chi connectivity index (χ1v) is 12.1. The number of nitrogens with zero attached hydrogens (tertiary/aromatic N) is 2. The number of piperazine rings is 1. The van der Waals surface area contributed by atoms with E-state index in [1.165, 1.54) is 0 Å². The van der Waals surface area contributed by atoms with E-state index in [0.29, 0.717) is 19.6 Å². The second-order valence-electron chi connectivity index (χ2n) is 9.14. The van der Waals surface area contributed by atoms with Gasteiger partial charge in [-0.05, 0) is 30.2 Å². The van der Waals surface area contributed by atoms with E-state index >= 15 is 0 Å². The van der Waals surface area contributed by atoms with Crippen LogP contribution in [0.15, 0.2) is 78.9 Å². The Bertz CT molecular complexity index is 1410. The van der Waals surface area contributed by atoms with Gasteiger partial charge in [-0.2, -0.15) is 0 Å². The maximum absolute atomic E-state index is 13.9. The number of amides is 2. The number of rotatable bonds is 5. The molecule has 1 saturated heterocycles. The Morgan fingerprint density at radius 3 is 2.51 bits per heavy atom. The van der Waals surface area contributed by atoms with Gasteiger partial charge in [0.05, 0.1) is 6.61 Å². The van der Waals surface area contributed by atoms with E-state index in [0.717, 1.165) is 39.0 Å². The van der Waals surface area contributed by atoms with E-state index in [4.69, 9.17) is 4.74 Å². The lowest BCUT2D eigenvalue weighted by atomic mass is 9.85. The summed E-state index contributed by atoms with van der Waals surface area (Å²) in [4.78, 5) is 34.7. The molecule has 2 atom stereocenters. The minimum absolute atomic E-state index is 0.0109. The second-order valence-corrected chi connectivity index (χ2v) is 9.14. The molecule has 0 spiro atoms. The number of H-pyrrole nitrogens is 1. The molecule has 6 nitrogen and oxygen atoms in total. The van der Waals surface area contributed by atoms with Gasteiger partial charge in [0.2, 0.25) is 11.8 Å². The van der Waals surface area contributed by atoms with E-state index in [9.17, 15) is 9.59 Å². The average Bonchev–Trinajstić information content (AvgIpc) is 3.26. The van der Waals surface area contributed by atoms with Crippen LogP contribution in [0.2, 0.25) is 0 Å². The number of hydrogen-bond donors (Lipinski definition) is 1. The summed E-state index contributed by atoms with van der Waals surface area (Å²) in [7, 11) is 0. The Labute approximate surface area is 204 Å². The molecule has 1 N–H and O–H groups in total. The van der Waals surface area contributed by atoms with Crippen molar-refractivity contribution in [1.82, 2.24) is 14.8 Å². The summed E-state index contributed by atoms with van der Waals surface area (Å²) in [5.41, 5.74) is 4.99. The minimum Gasteiger partial charge on any atom is -0.494 e. The Morgan fingerprint density at radius 1 is 0.943 bits per heavy atom. The summed E-state index contributed by atoms with van der Waals surface area (Å²) >= 11 is 0. The molecule has 2 aliphatic heterocycles. The second kappa shape index (κ2) is 8.62. The number of aromatic amines is 1. The Morgan fingerprint density at radius 2 is 1.69 bits per heavy atom. The standard InChI is InChI=1S/C29H27N3O3/c1-2-35-25-15-9-7-13-21(25)28-27-22(20-12-6-8-14-23(20)30-27)16-24-29(34)31(18-26(33)32(24)28)17-19-10-4-3-5-11-19/h3-15,24,28,30H,2,16-18H2,1H3/t24-,28+/m1/s1. The van der Waals surface area contributed by atoms with Crippen LogP contribution in [0.4, 0.5) is 0 Å². The first kappa shape index (κ1) is 21.5. The smallest absolute Gasteiger partial charge is 0.246 e. The van der Waals surface area contributed by atoms with Crippen LogP contribution in [-0.4, -0.2) is 45.8 Å². The molecule has 0 radical (unpaired) electrons. The normalized spacial score (nSPS) is 19.6. The van der Waals surface area contributed by atoms with Gasteiger partial charge in [0.25, 0.3) is 0 Å². The van der Waals surface area contributed by atoms with Crippen molar-refractivity contribution in [2.24, 2.45) is 0 Å². The maximum Gasteiger partial charge on any atom is 0.246 e. The van der Waals surface area contributed by atoms with Crippen LogP contribution in [0.25, 0.3) is 10.9 Å². The summed E-state index contributed by atoms with van der Waals surface area (Å²) in [5.74, 6) is 0.673. The molecule has 2 aliphatic rings. The fourth-order valence-corrected chi connectivity index (χ4v) is 5.58. The molecular formula is C29H27N3O3. The van der Waals surface area contributed by atoms with Crippen molar-refractivity contribution in [2.45, 2.75) is 32.0 Å². The van der Waals surface area contributed by atoms with Crippen LogP contribution in [0, 0.1) is 0 Å². The highest BCUT2D eigenvalue weighted by molar-refractivity contribution is 5.97. The van der Waals surface area contributed by atoms with Gasteiger partial charge in [-0.1, -0.05) is 66.7 Å². The number of ether oxygens (including phenoxy) is 1. The zero-order valence-electron chi connectivity index (χ0n) is 19.6. The zero-order valence-corrected chi connectivity index (χ0v) is 19.6. The molecule has 0 bridgehead atoms. The molecule has 35 heavy (non-hydrogen) atoms. The first-order chi connectivity index (χ1) is 17.2. The molecule has 1 fully saturated rings. The number of benzene rings is 3. The summed E-state index contributed by atoms with van der Waals surface area (Å²) in [5, 5.41) is 1.10. The fourth-order valence-electron chi connectivity index (χ4n) is 5.58. The van der Waals surface area contributed by atoms with Gasteiger partial charge in [-0.15, -0.1) is 0 Å². The van der Waals surface area contributed by atoms with Gasteiger partial charge in [-0.3, -0.25) is 9.59 Å². The van der Waals surface area contributed by atoms with Gasteiger partial charge in [-0.25, -0.2) is 0 Å². The fraction of sp³-hybridized carbons (Fsp3) is 0.241. The highest BCUT2D eigenvalue weighted by Gasteiger charge is 2.48. The Kier molecular flexibility index (Phi) is 5.29. The molecule has 0 aliphatic carbocycles. The van der Waals surface area contributed by atoms with E-state index < -0.39 is 12.1 Å². The summed E-state index contributed by atoms with van der Waals surface area (Å²) in [6.45, 7) is 2.96. The van der Waals surface area contributed by atoms with Crippen molar-refractivity contribution in [2.75, 3.05) is 13.2 Å². The molecule has 6 rings (SSSR count). The van der Waals surface area contributed by atoms with Crippen molar-refractivity contribution in [3.8, 4) is 5.75 Å². The lowest BCUT2D eigenvalue weighted by molar-refractivity contribution is -0.159. The summed E-state index contributed by atoms with van der Waals surface area (Å²) < 4.78 is 5.97. The molecule has 3 aromatic carbocycles. The maximum atomic E-state index is 13.9. The molecular weight excluding hydrogens is 438 g/mol. The summed E-state index contributed by atoms with van der Waals surface area (Å²) in [6.07, 6.45) is 0.489. The SMILES string of the molecule is CCOc1ccccc1[C@H]1c2[nH]c3ccccc3c2C[C@@H]2C(=O)N(Cc3ccccc3)CC(=O)N12. The molecule has 2 amide bonds. The number of carbonyl (C=O) groups excluding carboxylic acids is 2. The van der Waals surface area contributed by atoms with Gasteiger partial charge >= 0.3 is 0 Å². The highest BCUT2D eigenvalue weighted by Crippen LogP contribution is 2.45. The largest absolute Gasteiger partial charge is 0.494 e. The number of aromatic nitrogens is 1. The molecule has 0 saturated carbocycles. The van der Waals surface area contributed by atoms with Crippen LogP contribution in [0.3, 0.4) is 0 Å². The van der Waals surface area contributed by atoms with Crippen molar-refractivity contribution in [3.63, 3.8) is 0 Å². The predicted molar refractivity (Wildman–Crippen MR) is 134 cm³/mol. The van der Waals surface area contributed by atoms with Crippen LogP contribution >= 0.6 is 0 Å². The third kappa shape index (κ3) is 3.57. The lowest BCUT2D eigenvalue weighted by Crippen LogP contribution is -2.62.